The zero-order chi connectivity index (χ0) is 16.8. The van der Waals surface area contributed by atoms with Crippen LogP contribution in [0, 0.1) is 5.82 Å². The lowest BCUT2D eigenvalue weighted by atomic mass is 10.1. The minimum absolute atomic E-state index is 0. The molecule has 2 N–H and O–H groups in total. The quantitative estimate of drug-likeness (QED) is 0.868. The van der Waals surface area contributed by atoms with Crippen LogP contribution in [0.3, 0.4) is 0 Å². The number of anilines is 1. The summed E-state index contributed by atoms with van der Waals surface area (Å²) in [4.78, 5) is 25.8. The second-order valence-electron chi connectivity index (χ2n) is 6.36. The maximum atomic E-state index is 14.6. The van der Waals surface area contributed by atoms with Gasteiger partial charge < -0.3 is 19.9 Å². The molecule has 0 spiro atoms. The summed E-state index contributed by atoms with van der Waals surface area (Å²) < 4.78 is 16.2. The number of fused-ring (bicyclic) bond motifs is 1. The van der Waals surface area contributed by atoms with E-state index in [9.17, 15) is 19.1 Å². The molecular formula is C17H19ClFN3O3. The van der Waals surface area contributed by atoms with Gasteiger partial charge in [-0.3, -0.25) is 4.79 Å². The van der Waals surface area contributed by atoms with Gasteiger partial charge in [0, 0.05) is 43.7 Å². The Hall–Kier alpha value is -2.12. The Morgan fingerprint density at radius 3 is 2.48 bits per heavy atom. The SMILES string of the molecule is Cl.O=C(O)c1cc(=O)c2cc(F)c(N3CCNCC3)cc2n1C1CC1. The van der Waals surface area contributed by atoms with E-state index in [1.54, 1.807) is 10.6 Å². The highest BCUT2D eigenvalue weighted by Gasteiger charge is 2.30. The van der Waals surface area contributed by atoms with Crippen LogP contribution in [0.15, 0.2) is 23.0 Å². The Balaban J connectivity index is 0.00000182. The number of carbonyl (C=O) groups is 1. The number of nitrogens with one attached hydrogen (secondary N) is 1. The average Bonchev–Trinajstić information content (AvgIpc) is 3.40. The van der Waals surface area contributed by atoms with Crippen LogP contribution in [0.5, 0.6) is 0 Å². The Morgan fingerprint density at radius 2 is 1.88 bits per heavy atom. The van der Waals surface area contributed by atoms with Crippen molar-refractivity contribution in [2.45, 2.75) is 18.9 Å². The van der Waals surface area contributed by atoms with Gasteiger partial charge in [-0.25, -0.2) is 9.18 Å². The van der Waals surface area contributed by atoms with Crippen LogP contribution in [-0.4, -0.2) is 41.8 Å². The number of aromatic carboxylic acids is 1. The fourth-order valence-corrected chi connectivity index (χ4v) is 3.39. The molecule has 0 atom stereocenters. The van der Waals surface area contributed by atoms with Crippen molar-refractivity contribution < 1.29 is 14.3 Å². The molecule has 2 aromatic rings. The van der Waals surface area contributed by atoms with Gasteiger partial charge >= 0.3 is 5.97 Å². The van der Waals surface area contributed by atoms with Gasteiger partial charge in [-0.2, -0.15) is 0 Å². The molecule has 2 aliphatic rings. The molecule has 4 rings (SSSR count). The smallest absolute Gasteiger partial charge is 0.352 e. The molecule has 1 aromatic heterocycles. The number of carboxylic acids is 1. The summed E-state index contributed by atoms with van der Waals surface area (Å²) in [5, 5.41) is 12.9. The van der Waals surface area contributed by atoms with Crippen LogP contribution in [0.4, 0.5) is 10.1 Å². The number of halogens is 2. The largest absolute Gasteiger partial charge is 0.477 e. The van der Waals surface area contributed by atoms with E-state index in [1.807, 2.05) is 4.90 Å². The Kier molecular flexibility index (Phi) is 4.71. The fourth-order valence-electron chi connectivity index (χ4n) is 3.39. The first-order valence-electron chi connectivity index (χ1n) is 8.14. The summed E-state index contributed by atoms with van der Waals surface area (Å²) in [5.41, 5.74) is 0.468. The van der Waals surface area contributed by atoms with Crippen LogP contribution >= 0.6 is 12.4 Å². The number of nitrogens with zero attached hydrogens (tertiary/aromatic N) is 2. The van der Waals surface area contributed by atoms with Gasteiger partial charge in [0.1, 0.15) is 11.5 Å². The summed E-state index contributed by atoms with van der Waals surface area (Å²) in [7, 11) is 0. The lowest BCUT2D eigenvalue weighted by Gasteiger charge is -2.30. The molecular weight excluding hydrogens is 349 g/mol. The zero-order valence-electron chi connectivity index (χ0n) is 13.5. The predicted molar refractivity (Wildman–Crippen MR) is 95.7 cm³/mol. The van der Waals surface area contributed by atoms with Crippen molar-refractivity contribution in [2.24, 2.45) is 0 Å². The standard InChI is InChI=1S/C17H18FN3O3.ClH/c18-12-7-11-13(8-14(12)20-5-3-19-4-6-20)21(10-1-2-10)15(17(23)24)9-16(11)22;/h7-10,19H,1-6H2,(H,23,24);1H. The highest BCUT2D eigenvalue weighted by atomic mass is 35.5. The molecule has 0 unspecified atom stereocenters. The van der Waals surface area contributed by atoms with Gasteiger partial charge in [0.05, 0.1) is 11.2 Å². The van der Waals surface area contributed by atoms with Crippen LogP contribution in [-0.2, 0) is 0 Å². The van der Waals surface area contributed by atoms with E-state index in [1.165, 1.54) is 6.07 Å². The Labute approximate surface area is 149 Å². The molecule has 8 heteroatoms. The molecule has 134 valence electrons. The number of hydrogen-bond donors (Lipinski definition) is 2. The number of benzene rings is 1. The van der Waals surface area contributed by atoms with Gasteiger partial charge in [0.15, 0.2) is 5.43 Å². The highest BCUT2D eigenvalue weighted by Crippen LogP contribution is 2.39. The summed E-state index contributed by atoms with van der Waals surface area (Å²) in [6.07, 6.45) is 1.75. The molecule has 0 amide bonds. The molecule has 2 fully saturated rings. The van der Waals surface area contributed by atoms with Gasteiger partial charge in [0.2, 0.25) is 0 Å². The van der Waals surface area contributed by atoms with Gasteiger partial charge in [-0.05, 0) is 25.0 Å². The summed E-state index contributed by atoms with van der Waals surface area (Å²) in [5.74, 6) is -1.57. The number of piperazine rings is 1. The van der Waals surface area contributed by atoms with E-state index in [4.69, 9.17) is 0 Å². The van der Waals surface area contributed by atoms with Crippen LogP contribution in [0.25, 0.3) is 10.9 Å². The Bertz CT molecular complexity index is 889. The van der Waals surface area contributed by atoms with Gasteiger partial charge in [0.25, 0.3) is 0 Å². The Morgan fingerprint density at radius 1 is 1.20 bits per heavy atom. The van der Waals surface area contributed by atoms with Crippen molar-refractivity contribution in [3.8, 4) is 0 Å². The molecule has 1 aliphatic heterocycles. The molecule has 6 nitrogen and oxygen atoms in total. The second kappa shape index (κ2) is 6.65. The molecule has 2 heterocycles. The van der Waals surface area contributed by atoms with E-state index in [2.05, 4.69) is 5.32 Å². The van der Waals surface area contributed by atoms with E-state index < -0.39 is 17.2 Å². The first kappa shape index (κ1) is 17.7. The number of pyridine rings is 1. The van der Waals surface area contributed by atoms with Crippen molar-refractivity contribution in [3.05, 3.63) is 39.9 Å². The van der Waals surface area contributed by atoms with Crippen molar-refractivity contribution in [1.82, 2.24) is 9.88 Å². The predicted octanol–water partition coefficient (Wildman–Crippen LogP) is 2.01. The van der Waals surface area contributed by atoms with Crippen molar-refractivity contribution in [3.63, 3.8) is 0 Å². The van der Waals surface area contributed by atoms with Gasteiger partial charge in [-0.15, -0.1) is 12.4 Å². The third-order valence-corrected chi connectivity index (χ3v) is 4.71. The maximum absolute atomic E-state index is 14.6. The molecule has 0 radical (unpaired) electrons. The minimum Gasteiger partial charge on any atom is -0.477 e. The second-order valence-corrected chi connectivity index (χ2v) is 6.36. The van der Waals surface area contributed by atoms with E-state index in [-0.39, 0.29) is 29.5 Å². The molecule has 25 heavy (non-hydrogen) atoms. The summed E-state index contributed by atoms with van der Waals surface area (Å²) in [6.45, 7) is 2.88. The lowest BCUT2D eigenvalue weighted by molar-refractivity contribution is 0.0684. The molecule has 1 saturated carbocycles. The zero-order valence-corrected chi connectivity index (χ0v) is 14.3. The van der Waals surface area contributed by atoms with Crippen LogP contribution < -0.4 is 15.6 Å². The number of hydrogen-bond acceptors (Lipinski definition) is 4. The first-order valence-corrected chi connectivity index (χ1v) is 8.14. The molecule has 1 aliphatic carbocycles. The number of rotatable bonds is 3. The molecule has 0 bridgehead atoms. The van der Waals surface area contributed by atoms with Crippen molar-refractivity contribution in [1.29, 1.82) is 0 Å². The molecule has 1 saturated heterocycles. The average molecular weight is 368 g/mol. The number of aromatic nitrogens is 1. The topological polar surface area (TPSA) is 74.6 Å². The maximum Gasteiger partial charge on any atom is 0.352 e. The van der Waals surface area contributed by atoms with Crippen LogP contribution in [0.1, 0.15) is 29.4 Å². The monoisotopic (exact) mass is 367 g/mol. The lowest BCUT2D eigenvalue weighted by Crippen LogP contribution is -2.43. The third kappa shape index (κ3) is 3.09. The number of carboxylic acid groups (broad SMARTS) is 1. The molecule has 1 aromatic carbocycles. The van der Waals surface area contributed by atoms with E-state index in [0.717, 1.165) is 32.0 Å². The third-order valence-electron chi connectivity index (χ3n) is 4.71. The van der Waals surface area contributed by atoms with Gasteiger partial charge in [-0.1, -0.05) is 0 Å². The summed E-state index contributed by atoms with van der Waals surface area (Å²) >= 11 is 0. The summed E-state index contributed by atoms with van der Waals surface area (Å²) in [6, 6.07) is 4.06. The fraction of sp³-hybridized carbons (Fsp3) is 0.412. The van der Waals surface area contributed by atoms with Crippen LogP contribution in [0.2, 0.25) is 0 Å². The van der Waals surface area contributed by atoms with E-state index in [0.29, 0.717) is 24.3 Å². The van der Waals surface area contributed by atoms with Crippen molar-refractivity contribution >= 4 is 35.0 Å². The highest BCUT2D eigenvalue weighted by molar-refractivity contribution is 5.92. The van der Waals surface area contributed by atoms with E-state index >= 15 is 0 Å². The minimum atomic E-state index is -1.13. The normalized spacial score (nSPS) is 17.4. The van der Waals surface area contributed by atoms with Crippen molar-refractivity contribution in [2.75, 3.05) is 31.1 Å². The first-order chi connectivity index (χ1) is 11.6.